The molecule has 0 N–H and O–H groups in total. The maximum Gasteiger partial charge on any atom is 0.314 e. The van der Waals surface area contributed by atoms with Gasteiger partial charge < -0.3 is 14.2 Å². The van der Waals surface area contributed by atoms with Crippen molar-refractivity contribution in [3.63, 3.8) is 0 Å². The van der Waals surface area contributed by atoms with Crippen molar-refractivity contribution < 1.29 is 26.6 Å². The summed E-state index contributed by atoms with van der Waals surface area (Å²) in [7, 11) is 1.07. The van der Waals surface area contributed by atoms with Crippen LogP contribution in [0.3, 0.4) is 0 Å². The smallest absolute Gasteiger partial charge is 0.314 e. The molecule has 1 saturated heterocycles. The van der Waals surface area contributed by atoms with E-state index in [2.05, 4.69) is 15.2 Å². The van der Waals surface area contributed by atoms with Gasteiger partial charge in [-0.1, -0.05) is 0 Å². The number of pyridine rings is 1. The summed E-state index contributed by atoms with van der Waals surface area (Å²) >= 11 is 0. The van der Waals surface area contributed by atoms with E-state index in [1.54, 1.807) is 18.2 Å². The summed E-state index contributed by atoms with van der Waals surface area (Å²) in [5.41, 5.74) is 1.89. The highest BCUT2D eigenvalue weighted by Crippen LogP contribution is 2.33. The highest BCUT2D eigenvalue weighted by Gasteiger charge is 2.25. The number of anilines is 2. The van der Waals surface area contributed by atoms with Crippen molar-refractivity contribution in [1.29, 1.82) is 0 Å². The zero-order valence-electron chi connectivity index (χ0n) is 18.2. The van der Waals surface area contributed by atoms with E-state index in [0.717, 1.165) is 12.8 Å². The molecule has 1 amide bonds. The Kier molecular flexibility index (Phi) is 7.25. The standard InChI is InChI=1S/C22H22F3N5O3S/c1-29(17-6-8-34(32)9-7-17)18-5-3-15(23)10-19(18)30(13-31)12-16-4-2-14(11-26-16)21-27-28-22(33-21)20(24)25/h2-5,10-11,13,17,20H,6-9,12H2,1H3. The lowest BCUT2D eigenvalue weighted by molar-refractivity contribution is -0.107. The summed E-state index contributed by atoms with van der Waals surface area (Å²) in [6.07, 6.45) is 0.593. The van der Waals surface area contributed by atoms with Crippen LogP contribution in [0, 0.1) is 5.82 Å². The Morgan fingerprint density at radius 2 is 1.94 bits per heavy atom. The second-order valence-corrected chi connectivity index (χ2v) is 9.54. The zero-order valence-corrected chi connectivity index (χ0v) is 19.1. The Balaban J connectivity index is 1.54. The minimum Gasteiger partial charge on any atom is -0.415 e. The normalized spacial score (nSPS) is 18.1. The molecule has 180 valence electrons. The van der Waals surface area contributed by atoms with E-state index in [9.17, 15) is 22.2 Å². The molecule has 2 aromatic heterocycles. The van der Waals surface area contributed by atoms with Crippen LogP contribution in [0.4, 0.5) is 24.5 Å². The van der Waals surface area contributed by atoms with Crippen LogP contribution < -0.4 is 9.80 Å². The lowest BCUT2D eigenvalue weighted by atomic mass is 10.1. The molecule has 3 heterocycles. The third-order valence-electron chi connectivity index (χ3n) is 5.69. The number of carbonyl (C=O) groups is 1. The zero-order chi connectivity index (χ0) is 24.2. The number of hydrogen-bond donors (Lipinski definition) is 0. The van der Waals surface area contributed by atoms with E-state index in [1.807, 2.05) is 11.9 Å². The lowest BCUT2D eigenvalue weighted by Crippen LogP contribution is -2.38. The molecule has 0 spiro atoms. The lowest BCUT2D eigenvalue weighted by Gasteiger charge is -2.35. The molecule has 3 aromatic rings. The molecule has 1 aromatic carbocycles. The molecule has 0 atom stereocenters. The molecule has 1 aliphatic rings. The summed E-state index contributed by atoms with van der Waals surface area (Å²) in [6.45, 7) is 0.0505. The first-order chi connectivity index (χ1) is 16.4. The average Bonchev–Trinajstić information content (AvgIpc) is 3.34. The van der Waals surface area contributed by atoms with Gasteiger partial charge in [0.25, 0.3) is 5.89 Å². The first-order valence-electron chi connectivity index (χ1n) is 10.5. The van der Waals surface area contributed by atoms with E-state index in [0.29, 0.717) is 40.5 Å². The Bertz CT molecular complexity index is 1160. The largest absolute Gasteiger partial charge is 0.415 e. The summed E-state index contributed by atoms with van der Waals surface area (Å²) in [5, 5.41) is 6.87. The second kappa shape index (κ2) is 10.3. The van der Waals surface area contributed by atoms with Crippen LogP contribution in [0.15, 0.2) is 40.9 Å². The SMILES string of the molecule is CN(c1ccc(F)cc1N(C=O)Cc1ccc(-c2nnc(C(F)F)o2)cn1)C1CCS(=O)CC1. The van der Waals surface area contributed by atoms with Gasteiger partial charge >= 0.3 is 6.43 Å². The van der Waals surface area contributed by atoms with Gasteiger partial charge in [0, 0.05) is 41.6 Å². The molecule has 1 aliphatic heterocycles. The molecule has 12 heteroatoms. The number of benzene rings is 1. The van der Waals surface area contributed by atoms with Crippen molar-refractivity contribution in [3.8, 4) is 11.5 Å². The van der Waals surface area contributed by atoms with Crippen molar-refractivity contribution in [2.75, 3.05) is 28.4 Å². The monoisotopic (exact) mass is 493 g/mol. The molecule has 4 rings (SSSR count). The van der Waals surface area contributed by atoms with Crippen molar-refractivity contribution >= 4 is 28.6 Å². The van der Waals surface area contributed by atoms with Gasteiger partial charge in [-0.3, -0.25) is 14.0 Å². The summed E-state index contributed by atoms with van der Waals surface area (Å²) in [5.74, 6) is -0.142. The summed E-state index contributed by atoms with van der Waals surface area (Å²) in [6, 6.07) is 7.54. The van der Waals surface area contributed by atoms with Gasteiger partial charge in [0.05, 0.1) is 29.2 Å². The van der Waals surface area contributed by atoms with Crippen LogP contribution in [-0.2, 0) is 22.1 Å². The number of carbonyl (C=O) groups excluding carboxylic acids is 1. The van der Waals surface area contributed by atoms with Crippen LogP contribution in [0.2, 0.25) is 0 Å². The molecular formula is C22H22F3N5O3S. The van der Waals surface area contributed by atoms with Crippen LogP contribution in [0.5, 0.6) is 0 Å². The van der Waals surface area contributed by atoms with Crippen molar-refractivity contribution in [1.82, 2.24) is 15.2 Å². The van der Waals surface area contributed by atoms with Crippen LogP contribution >= 0.6 is 0 Å². The number of rotatable bonds is 8. The van der Waals surface area contributed by atoms with Crippen molar-refractivity contribution in [2.24, 2.45) is 0 Å². The van der Waals surface area contributed by atoms with E-state index in [-0.39, 0.29) is 18.5 Å². The van der Waals surface area contributed by atoms with Gasteiger partial charge in [0.15, 0.2) is 0 Å². The Morgan fingerprint density at radius 1 is 1.18 bits per heavy atom. The fourth-order valence-electron chi connectivity index (χ4n) is 3.83. The third kappa shape index (κ3) is 5.27. The van der Waals surface area contributed by atoms with Crippen LogP contribution in [-0.4, -0.2) is 50.4 Å². The van der Waals surface area contributed by atoms with Gasteiger partial charge in [-0.25, -0.2) is 4.39 Å². The molecule has 1 fully saturated rings. The number of alkyl halides is 2. The molecule has 0 aliphatic carbocycles. The first-order valence-corrected chi connectivity index (χ1v) is 12.0. The minimum atomic E-state index is -2.87. The van der Waals surface area contributed by atoms with Crippen LogP contribution in [0.1, 0.15) is 30.9 Å². The predicted molar refractivity (Wildman–Crippen MR) is 120 cm³/mol. The quantitative estimate of drug-likeness (QED) is 0.442. The fourth-order valence-corrected chi connectivity index (χ4v) is 5.10. The van der Waals surface area contributed by atoms with E-state index >= 15 is 0 Å². The highest BCUT2D eigenvalue weighted by molar-refractivity contribution is 7.85. The second-order valence-electron chi connectivity index (χ2n) is 7.84. The molecule has 34 heavy (non-hydrogen) atoms. The Labute approximate surface area is 196 Å². The summed E-state index contributed by atoms with van der Waals surface area (Å²) < 4.78 is 56.1. The molecule has 0 radical (unpaired) electrons. The summed E-state index contributed by atoms with van der Waals surface area (Å²) in [4.78, 5) is 19.6. The molecular weight excluding hydrogens is 471 g/mol. The van der Waals surface area contributed by atoms with Gasteiger partial charge in [0.2, 0.25) is 12.3 Å². The van der Waals surface area contributed by atoms with Crippen molar-refractivity contribution in [3.05, 3.63) is 53.9 Å². The maximum atomic E-state index is 14.1. The van der Waals surface area contributed by atoms with E-state index < -0.39 is 28.9 Å². The molecule has 0 saturated carbocycles. The molecule has 0 bridgehead atoms. The topological polar surface area (TPSA) is 92.4 Å². The predicted octanol–water partition coefficient (Wildman–Crippen LogP) is 3.72. The number of nitrogens with zero attached hydrogens (tertiary/aromatic N) is 5. The van der Waals surface area contributed by atoms with Gasteiger partial charge in [-0.15, -0.1) is 10.2 Å². The van der Waals surface area contributed by atoms with Gasteiger partial charge in [0.1, 0.15) is 5.82 Å². The fraction of sp³-hybridized carbons (Fsp3) is 0.364. The van der Waals surface area contributed by atoms with E-state index in [1.165, 1.54) is 23.2 Å². The first kappa shape index (κ1) is 23.9. The minimum absolute atomic E-state index is 0.0505. The van der Waals surface area contributed by atoms with Gasteiger partial charge in [-0.2, -0.15) is 8.78 Å². The Hall–Kier alpha value is -3.28. The Morgan fingerprint density at radius 3 is 2.56 bits per heavy atom. The number of hydrogen-bond acceptors (Lipinski definition) is 7. The molecule has 0 unspecified atom stereocenters. The number of halogens is 3. The third-order valence-corrected chi connectivity index (χ3v) is 7.07. The molecule has 8 nitrogen and oxygen atoms in total. The number of amides is 1. The maximum absolute atomic E-state index is 14.1. The highest BCUT2D eigenvalue weighted by atomic mass is 32.2. The van der Waals surface area contributed by atoms with E-state index in [4.69, 9.17) is 4.42 Å². The average molecular weight is 494 g/mol. The van der Waals surface area contributed by atoms with Gasteiger partial charge in [-0.05, 0) is 43.2 Å². The number of aromatic nitrogens is 3. The van der Waals surface area contributed by atoms with Crippen LogP contribution in [0.25, 0.3) is 11.5 Å². The van der Waals surface area contributed by atoms with Crippen molar-refractivity contribution in [2.45, 2.75) is 31.9 Å².